The smallest absolute Gasteiger partial charge is 0.271 e. The van der Waals surface area contributed by atoms with Crippen molar-refractivity contribution in [3.63, 3.8) is 0 Å². The van der Waals surface area contributed by atoms with E-state index in [1.165, 1.54) is 25.0 Å². The number of likely N-dealkylation sites (tertiary alicyclic amines) is 1. The first-order valence-corrected chi connectivity index (χ1v) is 8.52. The van der Waals surface area contributed by atoms with Crippen molar-refractivity contribution >= 4 is 23.0 Å². The Morgan fingerprint density at radius 3 is 2.83 bits per heavy atom. The molecule has 0 saturated carbocycles. The lowest BCUT2D eigenvalue weighted by atomic mass is 9.97. The zero-order valence-electron chi connectivity index (χ0n) is 13.0. The highest BCUT2D eigenvalue weighted by molar-refractivity contribution is 6.33. The number of non-ortho nitro benzene ring substituents is 1. The van der Waals surface area contributed by atoms with Gasteiger partial charge in [-0.3, -0.25) is 15.0 Å². The van der Waals surface area contributed by atoms with Gasteiger partial charge in [0.25, 0.3) is 5.69 Å². The van der Waals surface area contributed by atoms with E-state index < -0.39 is 4.92 Å². The highest BCUT2D eigenvalue weighted by Gasteiger charge is 2.31. The van der Waals surface area contributed by atoms with Gasteiger partial charge in [-0.2, -0.15) is 0 Å². The Morgan fingerprint density at radius 2 is 2.22 bits per heavy atom. The predicted molar refractivity (Wildman–Crippen MR) is 90.1 cm³/mol. The number of nitrogens with one attached hydrogen (secondary N) is 1. The fourth-order valence-electron chi connectivity index (χ4n) is 3.50. The van der Waals surface area contributed by atoms with E-state index in [0.717, 1.165) is 45.0 Å². The third-order valence-electron chi connectivity index (χ3n) is 4.78. The number of rotatable bonds is 6. The van der Waals surface area contributed by atoms with E-state index >= 15 is 0 Å². The van der Waals surface area contributed by atoms with Crippen LogP contribution in [0.25, 0.3) is 0 Å². The molecule has 1 N–H and O–H groups in total. The Kier molecular flexibility index (Phi) is 5.35. The van der Waals surface area contributed by atoms with Crippen LogP contribution in [0.5, 0.6) is 0 Å². The van der Waals surface area contributed by atoms with Gasteiger partial charge >= 0.3 is 0 Å². The molecular formula is C16H22ClN3O3. The number of ether oxygens (including phenoxy) is 1. The van der Waals surface area contributed by atoms with Crippen LogP contribution in [0.1, 0.15) is 19.3 Å². The Balaban J connectivity index is 1.67. The van der Waals surface area contributed by atoms with Gasteiger partial charge in [-0.05, 0) is 38.4 Å². The molecule has 126 valence electrons. The minimum atomic E-state index is -0.432. The van der Waals surface area contributed by atoms with Crippen LogP contribution in [-0.2, 0) is 4.74 Å². The van der Waals surface area contributed by atoms with Crippen LogP contribution in [0.4, 0.5) is 11.4 Å². The summed E-state index contributed by atoms with van der Waals surface area (Å²) >= 11 is 6.17. The standard InChI is InChI=1S/C16H22ClN3O3/c17-14-9-13(20(21)22)3-4-15(14)18-10-16(12-5-8-23-11-12)19-6-1-2-7-19/h3-4,9,12,16,18H,1-2,5-8,10-11H2/t12-,16-/m0/s1. The molecule has 2 aliphatic heterocycles. The normalized spacial score (nSPS) is 23.1. The monoisotopic (exact) mass is 339 g/mol. The van der Waals surface area contributed by atoms with Crippen LogP contribution in [-0.4, -0.2) is 48.7 Å². The van der Waals surface area contributed by atoms with E-state index in [4.69, 9.17) is 16.3 Å². The Labute approximate surface area is 140 Å². The first-order chi connectivity index (χ1) is 11.1. The molecule has 0 radical (unpaired) electrons. The second-order valence-corrected chi connectivity index (χ2v) is 6.64. The molecule has 0 bridgehead atoms. The molecule has 3 rings (SSSR count). The first-order valence-electron chi connectivity index (χ1n) is 8.15. The van der Waals surface area contributed by atoms with Gasteiger partial charge in [0.15, 0.2) is 0 Å². The predicted octanol–water partition coefficient (Wildman–Crippen LogP) is 3.16. The van der Waals surface area contributed by atoms with Crippen LogP contribution >= 0.6 is 11.6 Å². The first kappa shape index (κ1) is 16.5. The zero-order valence-corrected chi connectivity index (χ0v) is 13.8. The summed E-state index contributed by atoms with van der Waals surface area (Å²) < 4.78 is 5.56. The molecule has 23 heavy (non-hydrogen) atoms. The highest BCUT2D eigenvalue weighted by atomic mass is 35.5. The fraction of sp³-hybridized carbons (Fsp3) is 0.625. The lowest BCUT2D eigenvalue weighted by Gasteiger charge is -2.32. The zero-order chi connectivity index (χ0) is 16.2. The van der Waals surface area contributed by atoms with Gasteiger partial charge in [0.2, 0.25) is 0 Å². The van der Waals surface area contributed by atoms with E-state index in [1.807, 2.05) is 0 Å². The number of anilines is 1. The third kappa shape index (κ3) is 3.94. The van der Waals surface area contributed by atoms with Crippen LogP contribution in [0.15, 0.2) is 18.2 Å². The number of hydrogen-bond acceptors (Lipinski definition) is 5. The lowest BCUT2D eigenvalue weighted by Crippen LogP contribution is -2.44. The Morgan fingerprint density at radius 1 is 1.43 bits per heavy atom. The van der Waals surface area contributed by atoms with E-state index in [2.05, 4.69) is 10.2 Å². The molecule has 2 fully saturated rings. The topological polar surface area (TPSA) is 67.6 Å². The number of nitrogens with zero attached hydrogens (tertiary/aromatic N) is 2. The van der Waals surface area contributed by atoms with Crippen molar-refractivity contribution in [1.82, 2.24) is 4.90 Å². The summed E-state index contributed by atoms with van der Waals surface area (Å²) in [7, 11) is 0. The maximum Gasteiger partial charge on any atom is 0.271 e. The van der Waals surface area contributed by atoms with Crippen molar-refractivity contribution < 1.29 is 9.66 Å². The maximum atomic E-state index is 10.8. The molecule has 0 aromatic heterocycles. The molecule has 2 atom stereocenters. The van der Waals surface area contributed by atoms with Gasteiger partial charge < -0.3 is 10.1 Å². The summed E-state index contributed by atoms with van der Waals surface area (Å²) in [5, 5.41) is 14.6. The van der Waals surface area contributed by atoms with Crippen molar-refractivity contribution in [1.29, 1.82) is 0 Å². The van der Waals surface area contributed by atoms with Crippen molar-refractivity contribution in [3.05, 3.63) is 33.3 Å². The number of nitro groups is 1. The van der Waals surface area contributed by atoms with Crippen LogP contribution in [0, 0.1) is 16.0 Å². The van der Waals surface area contributed by atoms with Gasteiger partial charge in [0, 0.05) is 37.2 Å². The number of hydrogen-bond donors (Lipinski definition) is 1. The molecule has 2 aliphatic rings. The fourth-order valence-corrected chi connectivity index (χ4v) is 3.74. The quantitative estimate of drug-likeness (QED) is 0.637. The Hall–Kier alpha value is -1.37. The van der Waals surface area contributed by atoms with E-state index in [0.29, 0.717) is 17.0 Å². The van der Waals surface area contributed by atoms with E-state index in [9.17, 15) is 10.1 Å². The lowest BCUT2D eigenvalue weighted by molar-refractivity contribution is -0.384. The van der Waals surface area contributed by atoms with Crippen LogP contribution < -0.4 is 5.32 Å². The molecule has 0 spiro atoms. The molecule has 1 aromatic carbocycles. The summed E-state index contributed by atoms with van der Waals surface area (Å²) in [4.78, 5) is 12.9. The summed E-state index contributed by atoms with van der Waals surface area (Å²) in [5.74, 6) is 0.539. The number of halogens is 1. The average Bonchev–Trinajstić information content (AvgIpc) is 3.22. The van der Waals surface area contributed by atoms with Crippen molar-refractivity contribution in [2.45, 2.75) is 25.3 Å². The molecule has 1 aromatic rings. The molecule has 7 heteroatoms. The van der Waals surface area contributed by atoms with Gasteiger partial charge in [-0.25, -0.2) is 0 Å². The summed E-state index contributed by atoms with van der Waals surface area (Å²) in [6.45, 7) is 4.71. The molecule has 2 heterocycles. The average molecular weight is 340 g/mol. The molecular weight excluding hydrogens is 318 g/mol. The highest BCUT2D eigenvalue weighted by Crippen LogP contribution is 2.29. The SMILES string of the molecule is O=[N+]([O-])c1ccc(NC[C@@H]([C@H]2CCOC2)N2CCCC2)c(Cl)c1. The summed E-state index contributed by atoms with van der Waals surface area (Å²) in [6, 6.07) is 4.99. The number of nitro benzene ring substituents is 1. The third-order valence-corrected chi connectivity index (χ3v) is 5.10. The van der Waals surface area contributed by atoms with Gasteiger partial charge in [0.05, 0.1) is 22.2 Å². The second-order valence-electron chi connectivity index (χ2n) is 6.24. The van der Waals surface area contributed by atoms with Gasteiger partial charge in [0.1, 0.15) is 0 Å². The minimum absolute atomic E-state index is 0.0147. The van der Waals surface area contributed by atoms with E-state index in [-0.39, 0.29) is 5.69 Å². The Bertz CT molecular complexity index is 542. The largest absolute Gasteiger partial charge is 0.382 e. The molecule has 0 amide bonds. The second kappa shape index (κ2) is 7.47. The molecule has 0 aliphatic carbocycles. The minimum Gasteiger partial charge on any atom is -0.382 e. The van der Waals surface area contributed by atoms with Gasteiger partial charge in [-0.1, -0.05) is 11.6 Å². The van der Waals surface area contributed by atoms with Gasteiger partial charge in [-0.15, -0.1) is 0 Å². The van der Waals surface area contributed by atoms with Crippen molar-refractivity contribution in [3.8, 4) is 0 Å². The number of benzene rings is 1. The summed E-state index contributed by atoms with van der Waals surface area (Å²) in [5.41, 5.74) is 0.765. The molecule has 0 unspecified atom stereocenters. The van der Waals surface area contributed by atoms with Crippen LogP contribution in [0.3, 0.4) is 0 Å². The van der Waals surface area contributed by atoms with Crippen molar-refractivity contribution in [2.24, 2.45) is 5.92 Å². The van der Waals surface area contributed by atoms with Crippen LogP contribution in [0.2, 0.25) is 5.02 Å². The summed E-state index contributed by atoms with van der Waals surface area (Å²) in [6.07, 6.45) is 3.60. The molecule has 6 nitrogen and oxygen atoms in total. The molecule has 2 saturated heterocycles. The van der Waals surface area contributed by atoms with E-state index in [1.54, 1.807) is 6.07 Å². The van der Waals surface area contributed by atoms with Crippen molar-refractivity contribution in [2.75, 3.05) is 38.2 Å². The maximum absolute atomic E-state index is 10.8.